The number of anilines is 1. The van der Waals surface area contributed by atoms with Gasteiger partial charge in [-0.2, -0.15) is 0 Å². The number of fused-ring (bicyclic) bond motifs is 1. The summed E-state index contributed by atoms with van der Waals surface area (Å²) in [5.41, 5.74) is 4.76. The van der Waals surface area contributed by atoms with Crippen molar-refractivity contribution in [2.24, 2.45) is 0 Å². The second-order valence-corrected chi connectivity index (χ2v) is 6.28. The zero-order chi connectivity index (χ0) is 17.9. The van der Waals surface area contributed by atoms with Gasteiger partial charge in [-0.1, -0.05) is 48.5 Å². The molecule has 26 heavy (non-hydrogen) atoms. The molecule has 1 N–H and O–H groups in total. The molecule has 0 unspecified atom stereocenters. The van der Waals surface area contributed by atoms with Crippen LogP contribution in [-0.4, -0.2) is 11.7 Å². The van der Waals surface area contributed by atoms with E-state index in [1.807, 2.05) is 60.7 Å². The van der Waals surface area contributed by atoms with Gasteiger partial charge in [0.1, 0.15) is 0 Å². The molecule has 0 saturated heterocycles. The number of carbonyl (C=O) groups excluding carboxylic acids is 2. The molecule has 0 aliphatic heterocycles. The van der Waals surface area contributed by atoms with E-state index in [9.17, 15) is 9.59 Å². The van der Waals surface area contributed by atoms with E-state index in [4.69, 9.17) is 0 Å². The topological polar surface area (TPSA) is 46.2 Å². The zero-order valence-corrected chi connectivity index (χ0v) is 14.1. The van der Waals surface area contributed by atoms with Gasteiger partial charge in [-0.3, -0.25) is 9.59 Å². The van der Waals surface area contributed by atoms with E-state index in [2.05, 4.69) is 5.32 Å². The third-order valence-electron chi connectivity index (χ3n) is 4.46. The molecule has 0 spiro atoms. The largest absolute Gasteiger partial charge is 0.322 e. The predicted molar refractivity (Wildman–Crippen MR) is 103 cm³/mol. The lowest BCUT2D eigenvalue weighted by Crippen LogP contribution is -2.11. The van der Waals surface area contributed by atoms with Crippen molar-refractivity contribution < 1.29 is 9.59 Å². The summed E-state index contributed by atoms with van der Waals surface area (Å²) in [5.74, 6) is -0.0975. The number of benzene rings is 3. The Morgan fingerprint density at radius 3 is 2.31 bits per heavy atom. The van der Waals surface area contributed by atoms with Crippen LogP contribution in [0.1, 0.15) is 31.8 Å². The highest BCUT2D eigenvalue weighted by atomic mass is 16.1. The van der Waals surface area contributed by atoms with Crippen molar-refractivity contribution >= 4 is 23.5 Å². The first-order valence-electron chi connectivity index (χ1n) is 8.50. The second-order valence-electron chi connectivity index (χ2n) is 6.28. The maximum atomic E-state index is 12.6. The fraction of sp³-hybridized carbons (Fsp3) is 0.0435. The normalized spacial score (nSPS) is 14.3. The minimum atomic E-state index is -0.157. The van der Waals surface area contributed by atoms with Crippen molar-refractivity contribution in [1.29, 1.82) is 0 Å². The van der Waals surface area contributed by atoms with E-state index in [1.54, 1.807) is 24.3 Å². The Bertz CT molecular complexity index is 1000. The molecule has 0 saturated carbocycles. The van der Waals surface area contributed by atoms with Crippen LogP contribution in [-0.2, 0) is 6.42 Å². The zero-order valence-electron chi connectivity index (χ0n) is 14.1. The van der Waals surface area contributed by atoms with Crippen molar-refractivity contribution in [3.63, 3.8) is 0 Å². The Kier molecular flexibility index (Phi) is 4.20. The Morgan fingerprint density at radius 2 is 1.58 bits per heavy atom. The highest BCUT2D eigenvalue weighted by molar-refractivity contribution is 6.16. The summed E-state index contributed by atoms with van der Waals surface area (Å²) in [6, 6.07) is 24.4. The molecular weight excluding hydrogens is 322 g/mol. The van der Waals surface area contributed by atoms with Crippen LogP contribution in [0.15, 0.2) is 84.4 Å². The second kappa shape index (κ2) is 6.81. The van der Waals surface area contributed by atoms with Gasteiger partial charge in [0.15, 0.2) is 5.78 Å². The van der Waals surface area contributed by atoms with Crippen LogP contribution in [0, 0.1) is 0 Å². The molecule has 1 aliphatic rings. The Balaban J connectivity index is 1.56. The number of rotatable bonds is 3. The summed E-state index contributed by atoms with van der Waals surface area (Å²) >= 11 is 0. The first kappa shape index (κ1) is 16.0. The molecule has 1 amide bonds. The summed E-state index contributed by atoms with van der Waals surface area (Å²) < 4.78 is 0. The molecular formula is C23H17NO2. The fourth-order valence-electron chi connectivity index (χ4n) is 3.16. The number of amides is 1. The van der Waals surface area contributed by atoms with Crippen molar-refractivity contribution in [1.82, 2.24) is 0 Å². The molecule has 0 bridgehead atoms. The number of Topliss-reactive ketones (excluding diaryl/α,β-unsaturated/α-hetero) is 1. The lowest BCUT2D eigenvalue weighted by molar-refractivity contribution is 0.102. The first-order chi connectivity index (χ1) is 12.7. The number of allylic oxidation sites excluding steroid dienone is 1. The van der Waals surface area contributed by atoms with E-state index in [0.29, 0.717) is 23.2 Å². The average Bonchev–Trinajstić information content (AvgIpc) is 2.98. The smallest absolute Gasteiger partial charge is 0.255 e. The summed E-state index contributed by atoms with van der Waals surface area (Å²) in [7, 11) is 0. The lowest BCUT2D eigenvalue weighted by atomic mass is 10.1. The molecule has 0 aromatic heterocycles. The van der Waals surface area contributed by atoms with Gasteiger partial charge in [0.2, 0.25) is 0 Å². The first-order valence-corrected chi connectivity index (χ1v) is 8.50. The number of hydrogen-bond acceptors (Lipinski definition) is 2. The molecule has 3 aromatic carbocycles. The van der Waals surface area contributed by atoms with Gasteiger partial charge in [0.05, 0.1) is 0 Å². The van der Waals surface area contributed by atoms with Crippen LogP contribution in [0.3, 0.4) is 0 Å². The predicted octanol–water partition coefficient (Wildman–Crippen LogP) is 4.76. The van der Waals surface area contributed by atoms with Crippen molar-refractivity contribution in [3.8, 4) is 0 Å². The van der Waals surface area contributed by atoms with Gasteiger partial charge < -0.3 is 5.32 Å². The van der Waals surface area contributed by atoms with E-state index in [-0.39, 0.29) is 11.7 Å². The SMILES string of the molecule is O=C(Nc1ccc2c(c1)CC(=Cc1ccccc1)C2=O)c1ccccc1. The van der Waals surface area contributed by atoms with Gasteiger partial charge in [0, 0.05) is 28.8 Å². The van der Waals surface area contributed by atoms with Crippen molar-refractivity contribution in [3.05, 3.63) is 107 Å². The Hall–Kier alpha value is -3.46. The van der Waals surface area contributed by atoms with Gasteiger partial charge >= 0.3 is 0 Å². The van der Waals surface area contributed by atoms with Crippen LogP contribution in [0.4, 0.5) is 5.69 Å². The van der Waals surface area contributed by atoms with Gasteiger partial charge in [-0.05, 0) is 47.5 Å². The number of hydrogen-bond donors (Lipinski definition) is 1. The van der Waals surface area contributed by atoms with E-state index in [0.717, 1.165) is 16.7 Å². The maximum Gasteiger partial charge on any atom is 0.255 e. The van der Waals surface area contributed by atoms with Crippen molar-refractivity contribution in [2.75, 3.05) is 5.32 Å². The molecule has 126 valence electrons. The molecule has 1 aliphatic carbocycles. The molecule has 4 rings (SSSR count). The summed E-state index contributed by atoms with van der Waals surface area (Å²) in [4.78, 5) is 24.9. The molecule has 3 aromatic rings. The highest BCUT2D eigenvalue weighted by Crippen LogP contribution is 2.30. The quantitative estimate of drug-likeness (QED) is 0.699. The summed E-state index contributed by atoms with van der Waals surface area (Å²) in [6.45, 7) is 0. The van der Waals surface area contributed by atoms with Crippen LogP contribution in [0.2, 0.25) is 0 Å². The molecule has 3 heteroatoms. The molecule has 0 fully saturated rings. The minimum Gasteiger partial charge on any atom is -0.322 e. The number of carbonyl (C=O) groups is 2. The van der Waals surface area contributed by atoms with E-state index >= 15 is 0 Å². The van der Waals surface area contributed by atoms with Crippen LogP contribution in [0.25, 0.3) is 6.08 Å². The Labute approximate surface area is 152 Å². The number of nitrogens with one attached hydrogen (secondary N) is 1. The molecule has 3 nitrogen and oxygen atoms in total. The fourth-order valence-corrected chi connectivity index (χ4v) is 3.16. The summed E-state index contributed by atoms with van der Waals surface area (Å²) in [6.07, 6.45) is 2.52. The number of ketones is 1. The third kappa shape index (κ3) is 3.20. The summed E-state index contributed by atoms with van der Waals surface area (Å²) in [5, 5.41) is 2.90. The van der Waals surface area contributed by atoms with E-state index < -0.39 is 0 Å². The van der Waals surface area contributed by atoms with Gasteiger partial charge in [0.25, 0.3) is 5.91 Å². The standard InChI is InChI=1S/C23H17NO2/c25-22-19(13-16-7-3-1-4-8-16)14-18-15-20(11-12-21(18)22)24-23(26)17-9-5-2-6-10-17/h1-13,15H,14H2,(H,24,26). The minimum absolute atomic E-state index is 0.0600. The Morgan fingerprint density at radius 1 is 0.885 bits per heavy atom. The maximum absolute atomic E-state index is 12.6. The van der Waals surface area contributed by atoms with Crippen molar-refractivity contribution in [2.45, 2.75) is 6.42 Å². The highest BCUT2D eigenvalue weighted by Gasteiger charge is 2.25. The lowest BCUT2D eigenvalue weighted by Gasteiger charge is -2.06. The molecule has 0 atom stereocenters. The molecule has 0 heterocycles. The van der Waals surface area contributed by atoms with Crippen LogP contribution in [0.5, 0.6) is 0 Å². The monoisotopic (exact) mass is 339 g/mol. The average molecular weight is 339 g/mol. The van der Waals surface area contributed by atoms with Gasteiger partial charge in [-0.25, -0.2) is 0 Å². The van der Waals surface area contributed by atoms with Gasteiger partial charge in [-0.15, -0.1) is 0 Å². The van der Waals surface area contributed by atoms with Crippen LogP contribution >= 0.6 is 0 Å². The van der Waals surface area contributed by atoms with E-state index in [1.165, 1.54) is 0 Å². The molecule has 0 radical (unpaired) electrons. The third-order valence-corrected chi connectivity index (χ3v) is 4.46. The van der Waals surface area contributed by atoms with Crippen LogP contribution < -0.4 is 5.32 Å².